The second-order valence-corrected chi connectivity index (χ2v) is 6.96. The molecule has 0 radical (unpaired) electrons. The van der Waals surface area contributed by atoms with Crippen molar-refractivity contribution in [2.75, 3.05) is 13.1 Å². The minimum Gasteiger partial charge on any atom is -0.444 e. The number of benzene rings is 1. The highest BCUT2D eigenvalue weighted by Crippen LogP contribution is 2.32. The Morgan fingerprint density at radius 2 is 1.71 bits per heavy atom. The van der Waals surface area contributed by atoms with Crippen molar-refractivity contribution in [2.45, 2.75) is 45.1 Å². The quantitative estimate of drug-likeness (QED) is 0.899. The number of carbonyl (C=O) groups is 2. The third kappa shape index (κ3) is 4.21. The van der Waals surface area contributed by atoms with Crippen LogP contribution in [0.4, 0.5) is 13.6 Å². The van der Waals surface area contributed by atoms with Crippen molar-refractivity contribution in [1.29, 1.82) is 0 Å². The lowest BCUT2D eigenvalue weighted by atomic mass is 9.86. The number of halogens is 2. The lowest BCUT2D eigenvalue weighted by Crippen LogP contribution is -2.41. The largest absolute Gasteiger partial charge is 0.444 e. The summed E-state index contributed by atoms with van der Waals surface area (Å²) in [5.41, 5.74) is 5.08. The number of hydrogen-bond donors (Lipinski definition) is 1. The van der Waals surface area contributed by atoms with Gasteiger partial charge in [0.15, 0.2) is 11.6 Å². The van der Waals surface area contributed by atoms with Crippen LogP contribution in [-0.4, -0.2) is 35.6 Å². The number of nitrogens with zero attached hydrogens (tertiary/aromatic N) is 1. The SMILES string of the molecule is CC(C)(C)OC(=O)N1CCC(c2cc(F)c(F)cc2C(N)=O)CC1. The zero-order valence-corrected chi connectivity index (χ0v) is 14.1. The van der Waals surface area contributed by atoms with E-state index < -0.39 is 29.2 Å². The maximum absolute atomic E-state index is 13.6. The Kier molecular flexibility index (Phi) is 5.11. The molecule has 0 unspecified atom stereocenters. The third-order valence-corrected chi connectivity index (χ3v) is 3.94. The number of ether oxygens (including phenoxy) is 1. The first-order valence-corrected chi connectivity index (χ1v) is 7.85. The molecule has 1 aliphatic rings. The topological polar surface area (TPSA) is 72.6 Å². The van der Waals surface area contributed by atoms with Gasteiger partial charge in [-0.3, -0.25) is 4.79 Å². The first-order valence-electron chi connectivity index (χ1n) is 7.85. The predicted octanol–water partition coefficient (Wildman–Crippen LogP) is 3.18. The van der Waals surface area contributed by atoms with Crippen molar-refractivity contribution in [3.05, 3.63) is 34.9 Å². The second-order valence-electron chi connectivity index (χ2n) is 6.96. The van der Waals surface area contributed by atoms with E-state index in [1.165, 1.54) is 0 Å². The highest BCUT2D eigenvalue weighted by molar-refractivity contribution is 5.94. The van der Waals surface area contributed by atoms with E-state index >= 15 is 0 Å². The molecule has 2 amide bonds. The molecule has 132 valence electrons. The number of rotatable bonds is 2. The van der Waals surface area contributed by atoms with Crippen molar-refractivity contribution in [3.8, 4) is 0 Å². The fourth-order valence-corrected chi connectivity index (χ4v) is 2.81. The number of primary amides is 1. The maximum Gasteiger partial charge on any atom is 0.410 e. The van der Waals surface area contributed by atoms with Gasteiger partial charge >= 0.3 is 6.09 Å². The second kappa shape index (κ2) is 6.75. The van der Waals surface area contributed by atoms with Crippen LogP contribution in [0, 0.1) is 11.6 Å². The highest BCUT2D eigenvalue weighted by atomic mass is 19.2. The standard InChI is InChI=1S/C17H22F2N2O3/c1-17(2,3)24-16(23)21-6-4-10(5-7-21)11-8-13(18)14(19)9-12(11)15(20)22/h8-10H,4-7H2,1-3H3,(H2,20,22). The van der Waals surface area contributed by atoms with E-state index in [2.05, 4.69) is 0 Å². The molecular formula is C17H22F2N2O3. The lowest BCUT2D eigenvalue weighted by molar-refractivity contribution is 0.0204. The van der Waals surface area contributed by atoms with Crippen LogP contribution in [0.25, 0.3) is 0 Å². The van der Waals surface area contributed by atoms with Crippen molar-refractivity contribution in [1.82, 2.24) is 4.90 Å². The summed E-state index contributed by atoms with van der Waals surface area (Å²) in [5, 5.41) is 0. The van der Waals surface area contributed by atoms with Gasteiger partial charge in [-0.2, -0.15) is 0 Å². The average Bonchev–Trinajstić information content (AvgIpc) is 2.48. The van der Waals surface area contributed by atoms with Gasteiger partial charge < -0.3 is 15.4 Å². The number of amides is 2. The van der Waals surface area contributed by atoms with Crippen LogP contribution in [0.1, 0.15) is 55.5 Å². The van der Waals surface area contributed by atoms with E-state index in [-0.39, 0.29) is 11.5 Å². The minimum atomic E-state index is -1.10. The number of hydrogen-bond acceptors (Lipinski definition) is 3. The zero-order chi connectivity index (χ0) is 18.1. The molecule has 24 heavy (non-hydrogen) atoms. The Morgan fingerprint density at radius 3 is 2.21 bits per heavy atom. The monoisotopic (exact) mass is 340 g/mol. The first-order chi connectivity index (χ1) is 11.1. The summed E-state index contributed by atoms with van der Waals surface area (Å²) < 4.78 is 32.2. The summed E-state index contributed by atoms with van der Waals surface area (Å²) in [7, 11) is 0. The van der Waals surface area contributed by atoms with Crippen molar-refractivity contribution in [2.24, 2.45) is 5.73 Å². The Morgan fingerprint density at radius 1 is 1.17 bits per heavy atom. The van der Waals surface area contributed by atoms with E-state index in [0.29, 0.717) is 31.5 Å². The summed E-state index contributed by atoms with van der Waals surface area (Å²) >= 11 is 0. The van der Waals surface area contributed by atoms with Gasteiger partial charge in [0.1, 0.15) is 5.60 Å². The molecule has 7 heteroatoms. The number of carbonyl (C=O) groups excluding carboxylic acids is 2. The molecule has 1 fully saturated rings. The van der Waals surface area contributed by atoms with Gasteiger partial charge in [0.2, 0.25) is 5.91 Å². The predicted molar refractivity (Wildman–Crippen MR) is 84.7 cm³/mol. The molecule has 5 nitrogen and oxygen atoms in total. The van der Waals surface area contributed by atoms with Crippen LogP contribution in [-0.2, 0) is 4.74 Å². The average molecular weight is 340 g/mol. The van der Waals surface area contributed by atoms with Gasteiger partial charge in [-0.25, -0.2) is 13.6 Å². The summed E-state index contributed by atoms with van der Waals surface area (Å²) in [6, 6.07) is 1.87. The van der Waals surface area contributed by atoms with E-state index in [1.807, 2.05) is 0 Å². The zero-order valence-electron chi connectivity index (χ0n) is 14.1. The van der Waals surface area contributed by atoms with Crippen LogP contribution in [0.3, 0.4) is 0 Å². The fraction of sp³-hybridized carbons (Fsp3) is 0.529. The minimum absolute atomic E-state index is 0.00961. The maximum atomic E-state index is 13.6. The Bertz CT molecular complexity index is 648. The molecule has 1 aromatic rings. The van der Waals surface area contributed by atoms with Crippen LogP contribution < -0.4 is 5.73 Å². The van der Waals surface area contributed by atoms with Crippen molar-refractivity contribution < 1.29 is 23.1 Å². The molecule has 0 aromatic heterocycles. The van der Waals surface area contributed by atoms with Gasteiger partial charge in [0.05, 0.1) is 0 Å². The van der Waals surface area contributed by atoms with Gasteiger partial charge in [0.25, 0.3) is 0 Å². The lowest BCUT2D eigenvalue weighted by Gasteiger charge is -2.34. The van der Waals surface area contributed by atoms with Gasteiger partial charge in [-0.15, -0.1) is 0 Å². The molecule has 0 bridgehead atoms. The normalized spacial score (nSPS) is 16.1. The van der Waals surface area contributed by atoms with Crippen molar-refractivity contribution in [3.63, 3.8) is 0 Å². The Balaban J connectivity index is 2.11. The molecular weight excluding hydrogens is 318 g/mol. The van der Waals surface area contributed by atoms with E-state index in [4.69, 9.17) is 10.5 Å². The smallest absolute Gasteiger partial charge is 0.410 e. The Labute approximate surface area is 139 Å². The Hall–Kier alpha value is -2.18. The number of likely N-dealkylation sites (tertiary alicyclic amines) is 1. The summed E-state index contributed by atoms with van der Waals surface area (Å²) in [6.45, 7) is 6.20. The van der Waals surface area contributed by atoms with Crippen LogP contribution in [0.2, 0.25) is 0 Å². The number of piperidine rings is 1. The van der Waals surface area contributed by atoms with E-state index in [0.717, 1.165) is 12.1 Å². The number of nitrogens with two attached hydrogens (primary N) is 1. The van der Waals surface area contributed by atoms with Crippen LogP contribution >= 0.6 is 0 Å². The molecule has 0 saturated carbocycles. The molecule has 0 atom stereocenters. The first kappa shape index (κ1) is 18.2. The van der Waals surface area contributed by atoms with Gasteiger partial charge in [0, 0.05) is 18.7 Å². The van der Waals surface area contributed by atoms with E-state index in [1.54, 1.807) is 25.7 Å². The van der Waals surface area contributed by atoms with Gasteiger partial charge in [-0.1, -0.05) is 0 Å². The van der Waals surface area contributed by atoms with Gasteiger partial charge in [-0.05, 0) is 57.2 Å². The van der Waals surface area contributed by atoms with Crippen molar-refractivity contribution >= 4 is 12.0 Å². The molecule has 1 aromatic carbocycles. The molecule has 2 rings (SSSR count). The molecule has 1 aliphatic heterocycles. The van der Waals surface area contributed by atoms with Crippen LogP contribution in [0.5, 0.6) is 0 Å². The third-order valence-electron chi connectivity index (χ3n) is 3.94. The molecule has 0 aliphatic carbocycles. The summed E-state index contributed by atoms with van der Waals surface area (Å²) in [6.07, 6.45) is 0.635. The molecule has 1 saturated heterocycles. The fourth-order valence-electron chi connectivity index (χ4n) is 2.81. The molecule has 1 heterocycles. The summed E-state index contributed by atoms with van der Waals surface area (Å²) in [5.74, 6) is -3.07. The van der Waals surface area contributed by atoms with E-state index in [9.17, 15) is 18.4 Å². The highest BCUT2D eigenvalue weighted by Gasteiger charge is 2.29. The van der Waals surface area contributed by atoms with Crippen LogP contribution in [0.15, 0.2) is 12.1 Å². The summed E-state index contributed by atoms with van der Waals surface area (Å²) in [4.78, 5) is 25.1. The molecule has 0 spiro atoms. The molecule has 2 N–H and O–H groups in total.